The summed E-state index contributed by atoms with van der Waals surface area (Å²) in [5.74, 6) is 0.838. The first-order chi connectivity index (χ1) is 12.5. The van der Waals surface area contributed by atoms with Gasteiger partial charge in [0.15, 0.2) is 0 Å². The van der Waals surface area contributed by atoms with Crippen LogP contribution < -0.4 is 5.32 Å². The van der Waals surface area contributed by atoms with E-state index < -0.39 is 6.17 Å². The SMILES string of the molecule is CC1c2nc(C(=O)NCc3ccco3)cn2CCN1C(=O)C1CC(F)C1. The number of halogens is 1. The molecule has 138 valence electrons. The molecule has 2 amide bonds. The molecule has 1 N–H and O–H groups in total. The number of hydrogen-bond donors (Lipinski definition) is 1. The maximum atomic E-state index is 13.1. The maximum absolute atomic E-state index is 13.1. The van der Waals surface area contributed by atoms with Crippen molar-refractivity contribution >= 4 is 11.8 Å². The molecule has 4 rings (SSSR count). The maximum Gasteiger partial charge on any atom is 0.271 e. The van der Waals surface area contributed by atoms with Crippen LogP contribution in [0, 0.1) is 5.92 Å². The van der Waals surface area contributed by atoms with Crippen molar-refractivity contribution in [1.29, 1.82) is 0 Å². The lowest BCUT2D eigenvalue weighted by Crippen LogP contribution is -2.47. The number of nitrogens with one attached hydrogen (secondary N) is 1. The third kappa shape index (κ3) is 3.00. The van der Waals surface area contributed by atoms with Crippen molar-refractivity contribution in [2.75, 3.05) is 6.54 Å². The van der Waals surface area contributed by atoms with E-state index in [0.717, 1.165) is 0 Å². The molecule has 7 nitrogen and oxygen atoms in total. The van der Waals surface area contributed by atoms with Gasteiger partial charge in [-0.15, -0.1) is 0 Å². The molecule has 2 aromatic rings. The highest BCUT2D eigenvalue weighted by atomic mass is 19.1. The van der Waals surface area contributed by atoms with Crippen LogP contribution in [0.4, 0.5) is 4.39 Å². The molecule has 1 unspecified atom stereocenters. The Kier molecular flexibility index (Phi) is 4.26. The number of carbonyl (C=O) groups is 2. The summed E-state index contributed by atoms with van der Waals surface area (Å²) in [6, 6.07) is 3.31. The number of hydrogen-bond acceptors (Lipinski definition) is 4. The molecule has 0 bridgehead atoms. The van der Waals surface area contributed by atoms with Gasteiger partial charge in [0.25, 0.3) is 5.91 Å². The second-order valence-electron chi connectivity index (χ2n) is 6.91. The zero-order valence-electron chi connectivity index (χ0n) is 14.5. The van der Waals surface area contributed by atoms with Crippen molar-refractivity contribution in [2.45, 2.75) is 45.1 Å². The van der Waals surface area contributed by atoms with Gasteiger partial charge < -0.3 is 19.2 Å². The van der Waals surface area contributed by atoms with Crippen LogP contribution in [-0.2, 0) is 17.9 Å². The van der Waals surface area contributed by atoms with Gasteiger partial charge in [-0.25, -0.2) is 9.37 Å². The van der Waals surface area contributed by atoms with Gasteiger partial charge in [0, 0.05) is 25.2 Å². The van der Waals surface area contributed by atoms with Crippen molar-refractivity contribution in [3.8, 4) is 0 Å². The lowest BCUT2D eigenvalue weighted by Gasteiger charge is -2.39. The Morgan fingerprint density at radius 2 is 2.19 bits per heavy atom. The van der Waals surface area contributed by atoms with Crippen molar-refractivity contribution in [3.63, 3.8) is 0 Å². The van der Waals surface area contributed by atoms with Crippen LogP contribution in [0.5, 0.6) is 0 Å². The summed E-state index contributed by atoms with van der Waals surface area (Å²) >= 11 is 0. The van der Waals surface area contributed by atoms with E-state index in [4.69, 9.17) is 4.42 Å². The lowest BCUT2D eigenvalue weighted by molar-refractivity contribution is -0.143. The number of furan rings is 1. The molecule has 3 heterocycles. The van der Waals surface area contributed by atoms with Gasteiger partial charge in [0.2, 0.25) is 5.91 Å². The number of fused-ring (bicyclic) bond motifs is 1. The number of alkyl halides is 1. The number of amides is 2. The van der Waals surface area contributed by atoms with Crippen LogP contribution in [0.3, 0.4) is 0 Å². The highest BCUT2D eigenvalue weighted by Crippen LogP contribution is 2.35. The summed E-state index contributed by atoms with van der Waals surface area (Å²) < 4.78 is 20.2. The van der Waals surface area contributed by atoms with E-state index in [1.807, 2.05) is 11.5 Å². The van der Waals surface area contributed by atoms with E-state index >= 15 is 0 Å². The summed E-state index contributed by atoms with van der Waals surface area (Å²) in [5, 5.41) is 2.77. The Morgan fingerprint density at radius 1 is 1.38 bits per heavy atom. The number of aromatic nitrogens is 2. The number of carbonyl (C=O) groups excluding carboxylic acids is 2. The summed E-state index contributed by atoms with van der Waals surface area (Å²) in [6.45, 7) is 3.31. The van der Waals surface area contributed by atoms with E-state index in [2.05, 4.69) is 10.3 Å². The minimum Gasteiger partial charge on any atom is -0.467 e. The van der Waals surface area contributed by atoms with Gasteiger partial charge in [0.05, 0.1) is 18.8 Å². The lowest BCUT2D eigenvalue weighted by atomic mass is 9.82. The molecule has 0 aromatic carbocycles. The molecule has 26 heavy (non-hydrogen) atoms. The van der Waals surface area contributed by atoms with Crippen LogP contribution in [0.15, 0.2) is 29.0 Å². The average molecular weight is 360 g/mol. The number of imidazole rings is 1. The number of rotatable bonds is 4. The molecule has 1 atom stereocenters. The van der Waals surface area contributed by atoms with Crippen LogP contribution in [0.25, 0.3) is 0 Å². The smallest absolute Gasteiger partial charge is 0.271 e. The van der Waals surface area contributed by atoms with Gasteiger partial charge in [-0.2, -0.15) is 0 Å². The van der Waals surface area contributed by atoms with Crippen molar-refractivity contribution in [1.82, 2.24) is 19.8 Å². The van der Waals surface area contributed by atoms with Crippen molar-refractivity contribution in [2.24, 2.45) is 5.92 Å². The monoisotopic (exact) mass is 360 g/mol. The Bertz CT molecular complexity index is 811. The van der Waals surface area contributed by atoms with Crippen LogP contribution in [0.1, 0.15) is 47.9 Å². The second-order valence-corrected chi connectivity index (χ2v) is 6.91. The van der Waals surface area contributed by atoms with Gasteiger partial charge in [-0.05, 0) is 31.9 Å². The molecule has 1 aliphatic carbocycles. The van der Waals surface area contributed by atoms with Gasteiger partial charge in [-0.1, -0.05) is 0 Å². The minimum absolute atomic E-state index is 0.00975. The van der Waals surface area contributed by atoms with Crippen LogP contribution in [0.2, 0.25) is 0 Å². The fraction of sp³-hybridized carbons (Fsp3) is 0.500. The molecule has 8 heteroatoms. The predicted octanol–water partition coefficient (Wildman–Crippen LogP) is 2.06. The van der Waals surface area contributed by atoms with Crippen molar-refractivity contribution in [3.05, 3.63) is 41.9 Å². The summed E-state index contributed by atoms with van der Waals surface area (Å²) in [5.41, 5.74) is 0.320. The molecule has 0 spiro atoms. The third-order valence-corrected chi connectivity index (χ3v) is 5.18. The predicted molar refractivity (Wildman–Crippen MR) is 89.9 cm³/mol. The Morgan fingerprint density at radius 3 is 2.88 bits per heavy atom. The first-order valence-electron chi connectivity index (χ1n) is 8.85. The second kappa shape index (κ2) is 6.59. The molecule has 2 aliphatic rings. The third-order valence-electron chi connectivity index (χ3n) is 5.18. The molecule has 1 aliphatic heterocycles. The van der Waals surface area contributed by atoms with E-state index in [9.17, 15) is 14.0 Å². The Hall–Kier alpha value is -2.64. The summed E-state index contributed by atoms with van der Waals surface area (Å²) in [6.07, 6.45) is 3.05. The molecular formula is C18H21FN4O3. The highest BCUT2D eigenvalue weighted by Gasteiger charge is 2.40. The fourth-order valence-corrected chi connectivity index (χ4v) is 3.56. The molecule has 1 saturated carbocycles. The molecule has 0 radical (unpaired) electrons. The Labute approximate surface area is 150 Å². The van der Waals surface area contributed by atoms with E-state index in [-0.39, 0.29) is 23.8 Å². The molecule has 0 saturated heterocycles. The van der Waals surface area contributed by atoms with Crippen LogP contribution in [-0.4, -0.2) is 39.0 Å². The van der Waals surface area contributed by atoms with Crippen LogP contribution >= 0.6 is 0 Å². The highest BCUT2D eigenvalue weighted by molar-refractivity contribution is 5.92. The molecule has 1 fully saturated rings. The van der Waals surface area contributed by atoms with E-state index in [1.165, 1.54) is 0 Å². The Balaban J connectivity index is 1.44. The topological polar surface area (TPSA) is 80.4 Å². The average Bonchev–Trinajstić information content (AvgIpc) is 3.26. The first kappa shape index (κ1) is 16.8. The fourth-order valence-electron chi connectivity index (χ4n) is 3.56. The summed E-state index contributed by atoms with van der Waals surface area (Å²) in [4.78, 5) is 31.1. The first-order valence-corrected chi connectivity index (χ1v) is 8.85. The largest absolute Gasteiger partial charge is 0.467 e. The van der Waals surface area contributed by atoms with E-state index in [1.54, 1.807) is 29.5 Å². The normalized spacial score (nSPS) is 24.7. The quantitative estimate of drug-likeness (QED) is 0.905. The minimum atomic E-state index is -0.851. The van der Waals surface area contributed by atoms with Gasteiger partial charge in [0.1, 0.15) is 23.5 Å². The number of nitrogens with zero attached hydrogens (tertiary/aromatic N) is 3. The van der Waals surface area contributed by atoms with Gasteiger partial charge >= 0.3 is 0 Å². The molecular weight excluding hydrogens is 339 g/mol. The zero-order valence-corrected chi connectivity index (χ0v) is 14.5. The zero-order chi connectivity index (χ0) is 18.3. The molecule has 2 aromatic heterocycles. The van der Waals surface area contributed by atoms with E-state index in [0.29, 0.717) is 49.8 Å². The van der Waals surface area contributed by atoms with Gasteiger partial charge in [-0.3, -0.25) is 9.59 Å². The standard InChI is InChI=1S/C18H21FN4O3/c1-11-16-21-15(17(24)20-9-14-3-2-6-26-14)10-22(16)4-5-23(11)18(25)12-7-13(19)8-12/h2-3,6,10-13H,4-5,7-9H2,1H3,(H,20,24). The van der Waals surface area contributed by atoms with Crippen molar-refractivity contribution < 1.29 is 18.4 Å². The summed E-state index contributed by atoms with van der Waals surface area (Å²) in [7, 11) is 0.